The number of rotatable bonds is 0. The molecule has 0 bridgehead atoms. The van der Waals surface area contributed by atoms with Gasteiger partial charge in [0.1, 0.15) is 0 Å². The summed E-state index contributed by atoms with van der Waals surface area (Å²) in [6, 6.07) is 0. The molecule has 1 aliphatic rings. The van der Waals surface area contributed by atoms with E-state index >= 15 is 0 Å². The highest BCUT2D eigenvalue weighted by Gasteiger charge is 2.38. The van der Waals surface area contributed by atoms with Crippen LogP contribution in [0, 0.1) is 0 Å². The van der Waals surface area contributed by atoms with Crippen molar-refractivity contribution in [1.29, 1.82) is 0 Å². The summed E-state index contributed by atoms with van der Waals surface area (Å²) in [4.78, 5) is 0. The fourth-order valence-corrected chi connectivity index (χ4v) is 0.941. The lowest BCUT2D eigenvalue weighted by Crippen LogP contribution is -2.17. The third kappa shape index (κ3) is 1.51. The number of nitrogens with zero attached hydrogens (tertiary/aromatic N) is 1. The van der Waals surface area contributed by atoms with Crippen LogP contribution < -0.4 is 5.43 Å². The van der Waals surface area contributed by atoms with E-state index in [4.69, 9.17) is 0 Å². The third-order valence-corrected chi connectivity index (χ3v) is 1.57. The van der Waals surface area contributed by atoms with E-state index in [1.807, 2.05) is 0 Å². The number of nitrogens with one attached hydrogen (secondary N) is 1. The van der Waals surface area contributed by atoms with Crippen LogP contribution in [0.15, 0.2) is 5.10 Å². The first kappa shape index (κ1) is 6.73. The zero-order chi connectivity index (χ0) is 6.91. The smallest absolute Gasteiger partial charge is 0.299 e. The number of hydrogen-bond donors (Lipinski definition) is 1. The van der Waals surface area contributed by atoms with Gasteiger partial charge in [-0.1, -0.05) is 11.8 Å². The molecule has 6 heteroatoms. The molecule has 9 heavy (non-hydrogen) atoms. The molecule has 2 nitrogen and oxygen atoms in total. The number of hydrogen-bond acceptors (Lipinski definition) is 3. The Morgan fingerprint density at radius 2 is 2.22 bits per heavy atom. The van der Waals surface area contributed by atoms with Crippen LogP contribution in [-0.4, -0.2) is 17.1 Å². The predicted octanol–water partition coefficient (Wildman–Crippen LogP) is 1.16. The molecule has 1 heterocycles. The first-order valence-corrected chi connectivity index (χ1v) is 3.10. The highest BCUT2D eigenvalue weighted by atomic mass is 32.2. The van der Waals surface area contributed by atoms with Crippen molar-refractivity contribution in [3.05, 3.63) is 0 Å². The Bertz CT molecular complexity index is 140. The van der Waals surface area contributed by atoms with Gasteiger partial charge in [0, 0.05) is 0 Å². The maximum atomic E-state index is 11.6. The van der Waals surface area contributed by atoms with Crippen LogP contribution in [0.3, 0.4) is 0 Å². The van der Waals surface area contributed by atoms with Crippen molar-refractivity contribution in [2.75, 3.05) is 5.88 Å². The average molecular weight is 156 g/mol. The van der Waals surface area contributed by atoms with Gasteiger partial charge in [-0.25, -0.2) is 0 Å². The van der Waals surface area contributed by atoms with Crippen LogP contribution in [0.2, 0.25) is 0 Å². The molecule has 1 rings (SSSR count). The highest BCUT2D eigenvalue weighted by Crippen LogP contribution is 2.26. The van der Waals surface area contributed by atoms with Gasteiger partial charge in [-0.2, -0.15) is 18.3 Å². The van der Waals surface area contributed by atoms with Crippen LogP contribution in [0.25, 0.3) is 0 Å². The van der Waals surface area contributed by atoms with Gasteiger partial charge in [0.25, 0.3) is 0 Å². The topological polar surface area (TPSA) is 24.4 Å². The lowest BCUT2D eigenvalue weighted by atomic mass is 10.7. The predicted molar refractivity (Wildman–Crippen MR) is 29.1 cm³/mol. The van der Waals surface area contributed by atoms with Crippen molar-refractivity contribution in [1.82, 2.24) is 5.43 Å². The van der Waals surface area contributed by atoms with Crippen LogP contribution in [0.4, 0.5) is 13.2 Å². The fourth-order valence-electron chi connectivity index (χ4n) is 0.382. The molecule has 0 atom stereocenters. The quantitative estimate of drug-likeness (QED) is 0.569. The summed E-state index contributed by atoms with van der Waals surface area (Å²) in [6.45, 7) is 0. The molecule has 0 spiro atoms. The largest absolute Gasteiger partial charge is 0.441 e. The Hall–Kier alpha value is -0.390. The molecule has 0 radical (unpaired) electrons. The fraction of sp³-hybridized carbons (Fsp3) is 0.667. The minimum atomic E-state index is -4.27. The summed E-state index contributed by atoms with van der Waals surface area (Å²) in [6.07, 6.45) is -4.27. The molecule has 0 fully saturated rings. The van der Waals surface area contributed by atoms with E-state index in [9.17, 15) is 13.2 Å². The van der Waals surface area contributed by atoms with Crippen molar-refractivity contribution >= 4 is 16.8 Å². The lowest BCUT2D eigenvalue weighted by molar-refractivity contribution is -0.0555. The SMILES string of the molecule is FC(F)(F)C1=NNCS1. The summed E-state index contributed by atoms with van der Waals surface area (Å²) < 4.78 is 34.7. The minimum Gasteiger partial charge on any atom is -0.299 e. The second-order valence-corrected chi connectivity index (χ2v) is 2.33. The molecule has 0 aromatic carbocycles. The molecule has 0 saturated carbocycles. The van der Waals surface area contributed by atoms with Crippen LogP contribution in [0.1, 0.15) is 0 Å². The van der Waals surface area contributed by atoms with Crippen molar-refractivity contribution < 1.29 is 13.2 Å². The van der Waals surface area contributed by atoms with Crippen molar-refractivity contribution in [3.63, 3.8) is 0 Å². The molecule has 0 aliphatic carbocycles. The molecular formula is C3H3F3N2S. The molecule has 0 aromatic heterocycles. The van der Waals surface area contributed by atoms with Gasteiger partial charge in [0.2, 0.25) is 0 Å². The monoisotopic (exact) mass is 156 g/mol. The van der Waals surface area contributed by atoms with Gasteiger partial charge in [-0.15, -0.1) is 0 Å². The van der Waals surface area contributed by atoms with Gasteiger partial charge in [-0.05, 0) is 0 Å². The summed E-state index contributed by atoms with van der Waals surface area (Å²) in [5.74, 6) is 0.217. The number of thioether (sulfide) groups is 1. The standard InChI is InChI=1S/C3H3F3N2S/c4-3(5,6)2-8-7-1-9-2/h7H,1H2. The Morgan fingerprint density at radius 1 is 1.56 bits per heavy atom. The van der Waals surface area contributed by atoms with Gasteiger partial charge in [-0.3, -0.25) is 5.43 Å². The molecule has 0 saturated heterocycles. The summed E-state index contributed by atoms with van der Waals surface area (Å²) in [5, 5.41) is 2.22. The van der Waals surface area contributed by atoms with Crippen LogP contribution >= 0.6 is 11.8 Å². The molecule has 0 aromatic rings. The van der Waals surface area contributed by atoms with Crippen molar-refractivity contribution in [2.24, 2.45) is 5.10 Å². The van der Waals surface area contributed by atoms with Crippen molar-refractivity contribution in [2.45, 2.75) is 6.18 Å². The number of hydrazone groups is 1. The Balaban J connectivity index is 2.61. The maximum Gasteiger partial charge on any atom is 0.441 e. The molecular weight excluding hydrogens is 153 g/mol. The summed E-state index contributed by atoms with van der Waals surface area (Å²) in [7, 11) is 0. The van der Waals surface area contributed by atoms with E-state index in [-0.39, 0.29) is 5.88 Å². The normalized spacial score (nSPS) is 19.2. The lowest BCUT2D eigenvalue weighted by Gasteiger charge is -2.00. The maximum absolute atomic E-state index is 11.6. The second kappa shape index (κ2) is 2.09. The molecule has 0 unspecified atom stereocenters. The minimum absolute atomic E-state index is 0.217. The molecule has 1 N–H and O–H groups in total. The van der Waals surface area contributed by atoms with Gasteiger partial charge < -0.3 is 0 Å². The number of alkyl halides is 3. The molecule has 1 aliphatic heterocycles. The number of halogens is 3. The Kier molecular flexibility index (Phi) is 1.56. The van der Waals surface area contributed by atoms with Gasteiger partial charge >= 0.3 is 6.18 Å². The summed E-state index contributed by atoms with van der Waals surface area (Å²) >= 11 is 0.663. The van der Waals surface area contributed by atoms with E-state index in [1.54, 1.807) is 0 Å². The van der Waals surface area contributed by atoms with Crippen LogP contribution in [0.5, 0.6) is 0 Å². The van der Waals surface area contributed by atoms with E-state index in [0.717, 1.165) is 0 Å². The molecule has 52 valence electrons. The highest BCUT2D eigenvalue weighted by molar-refractivity contribution is 8.14. The van der Waals surface area contributed by atoms with Gasteiger partial charge in [0.15, 0.2) is 5.04 Å². The Labute approximate surface area is 53.5 Å². The van der Waals surface area contributed by atoms with Gasteiger partial charge in [0.05, 0.1) is 5.88 Å². The molecule has 0 amide bonds. The third-order valence-electron chi connectivity index (χ3n) is 0.697. The van der Waals surface area contributed by atoms with Crippen LogP contribution in [-0.2, 0) is 0 Å². The van der Waals surface area contributed by atoms with Crippen molar-refractivity contribution in [3.8, 4) is 0 Å². The van der Waals surface area contributed by atoms with E-state index in [1.165, 1.54) is 0 Å². The first-order valence-electron chi connectivity index (χ1n) is 2.11. The van der Waals surface area contributed by atoms with E-state index in [0.29, 0.717) is 11.8 Å². The Morgan fingerprint density at radius 3 is 2.44 bits per heavy atom. The van der Waals surface area contributed by atoms with E-state index < -0.39 is 11.2 Å². The summed E-state index contributed by atoms with van der Waals surface area (Å²) in [5.41, 5.74) is 2.21. The zero-order valence-corrected chi connectivity index (χ0v) is 5.01. The first-order chi connectivity index (χ1) is 4.11. The van der Waals surface area contributed by atoms with E-state index in [2.05, 4.69) is 10.5 Å². The average Bonchev–Trinajstić information content (AvgIpc) is 2.08. The zero-order valence-electron chi connectivity index (χ0n) is 4.20. The second-order valence-electron chi connectivity index (χ2n) is 1.36.